The number of rotatable bonds is 3. The Morgan fingerprint density at radius 1 is 1.64 bits per heavy atom. The first-order chi connectivity index (χ1) is 6.50. The first-order valence-electron chi connectivity index (χ1n) is 4.47. The molecule has 0 radical (unpaired) electrons. The molecule has 1 atom stereocenters. The van der Waals surface area contributed by atoms with Crippen LogP contribution in [0.25, 0.3) is 0 Å². The highest BCUT2D eigenvalue weighted by atomic mass is 16.5. The summed E-state index contributed by atoms with van der Waals surface area (Å²) in [4.78, 5) is 14.4. The molecule has 0 spiro atoms. The molecule has 0 saturated carbocycles. The molecule has 1 rings (SSSR count). The topological polar surface area (TPSA) is 68.1 Å². The van der Waals surface area contributed by atoms with Gasteiger partial charge in [0, 0.05) is 11.9 Å². The van der Waals surface area contributed by atoms with Gasteiger partial charge in [0.05, 0.1) is 18.6 Å². The Bertz CT molecular complexity index is 304. The number of hydrogen-bond donors (Lipinski definition) is 2. The van der Waals surface area contributed by atoms with E-state index >= 15 is 0 Å². The third-order valence-electron chi connectivity index (χ3n) is 2.45. The third kappa shape index (κ3) is 1.80. The molecule has 1 aromatic rings. The molecule has 0 fully saturated rings. The summed E-state index contributed by atoms with van der Waals surface area (Å²) >= 11 is 0. The molecular formula is C10H16N2O2. The van der Waals surface area contributed by atoms with Crippen LogP contribution in [0.2, 0.25) is 0 Å². The van der Waals surface area contributed by atoms with E-state index in [4.69, 9.17) is 10.5 Å². The van der Waals surface area contributed by atoms with Crippen molar-refractivity contribution in [3.05, 3.63) is 24.0 Å². The number of carbonyl (C=O) groups excluding carboxylic acids is 1. The molecule has 4 heteroatoms. The van der Waals surface area contributed by atoms with E-state index in [9.17, 15) is 4.79 Å². The highest BCUT2D eigenvalue weighted by molar-refractivity contribution is 5.76. The van der Waals surface area contributed by atoms with Crippen molar-refractivity contribution in [2.45, 2.75) is 19.9 Å². The number of H-pyrrole nitrogens is 1. The summed E-state index contributed by atoms with van der Waals surface area (Å²) in [5.41, 5.74) is 6.07. The van der Waals surface area contributed by atoms with E-state index < -0.39 is 5.41 Å². The number of nitrogens with one attached hydrogen (secondary N) is 1. The van der Waals surface area contributed by atoms with Crippen LogP contribution in [-0.4, -0.2) is 18.1 Å². The first kappa shape index (κ1) is 10.8. The van der Waals surface area contributed by atoms with Crippen molar-refractivity contribution >= 4 is 5.97 Å². The maximum absolute atomic E-state index is 11.5. The number of aromatic nitrogens is 1. The van der Waals surface area contributed by atoms with E-state index in [-0.39, 0.29) is 12.0 Å². The summed E-state index contributed by atoms with van der Waals surface area (Å²) in [5, 5.41) is 0. The van der Waals surface area contributed by atoms with Gasteiger partial charge in [0.15, 0.2) is 0 Å². The number of ether oxygens (including phenoxy) is 1. The highest BCUT2D eigenvalue weighted by Gasteiger charge is 2.36. The van der Waals surface area contributed by atoms with Crippen molar-refractivity contribution in [3.63, 3.8) is 0 Å². The molecule has 1 heterocycles. The molecule has 0 saturated heterocycles. The van der Waals surface area contributed by atoms with Crippen molar-refractivity contribution in [3.8, 4) is 0 Å². The predicted molar refractivity (Wildman–Crippen MR) is 53.5 cm³/mol. The van der Waals surface area contributed by atoms with Crippen LogP contribution in [0.3, 0.4) is 0 Å². The fraction of sp³-hybridized carbons (Fsp3) is 0.500. The van der Waals surface area contributed by atoms with E-state index in [1.165, 1.54) is 7.11 Å². The molecule has 0 bridgehead atoms. The molecular weight excluding hydrogens is 180 g/mol. The second kappa shape index (κ2) is 3.84. The normalized spacial score (nSPS) is 13.7. The molecule has 78 valence electrons. The Kier molecular flexibility index (Phi) is 2.96. The van der Waals surface area contributed by atoms with Gasteiger partial charge in [-0.1, -0.05) is 0 Å². The first-order valence-corrected chi connectivity index (χ1v) is 4.47. The molecule has 0 aliphatic carbocycles. The molecule has 0 aliphatic rings. The lowest BCUT2D eigenvalue weighted by Crippen LogP contribution is -2.37. The molecule has 0 unspecified atom stereocenters. The lowest BCUT2D eigenvalue weighted by Gasteiger charge is -2.27. The predicted octanol–water partition coefficient (Wildman–Crippen LogP) is 1.21. The molecule has 4 nitrogen and oxygen atoms in total. The van der Waals surface area contributed by atoms with E-state index in [1.807, 2.05) is 12.1 Å². The van der Waals surface area contributed by atoms with Gasteiger partial charge in [-0.3, -0.25) is 4.79 Å². The van der Waals surface area contributed by atoms with Gasteiger partial charge in [0.2, 0.25) is 0 Å². The second-order valence-electron chi connectivity index (χ2n) is 3.82. The average Bonchev–Trinajstić information content (AvgIpc) is 2.67. The van der Waals surface area contributed by atoms with Crippen molar-refractivity contribution in [1.82, 2.24) is 4.98 Å². The number of methoxy groups -OCH3 is 1. The van der Waals surface area contributed by atoms with Crippen LogP contribution in [-0.2, 0) is 9.53 Å². The van der Waals surface area contributed by atoms with Gasteiger partial charge in [0.1, 0.15) is 0 Å². The Morgan fingerprint density at radius 2 is 2.29 bits per heavy atom. The van der Waals surface area contributed by atoms with E-state index in [0.29, 0.717) is 0 Å². The number of carbonyl (C=O) groups is 1. The van der Waals surface area contributed by atoms with Gasteiger partial charge in [-0.15, -0.1) is 0 Å². The number of hydrogen-bond acceptors (Lipinski definition) is 3. The number of esters is 1. The maximum atomic E-state index is 11.5. The van der Waals surface area contributed by atoms with Crippen LogP contribution < -0.4 is 5.73 Å². The summed E-state index contributed by atoms with van der Waals surface area (Å²) in [5.74, 6) is -0.306. The summed E-state index contributed by atoms with van der Waals surface area (Å²) in [6.07, 6.45) is 1.78. The van der Waals surface area contributed by atoms with Gasteiger partial charge in [-0.25, -0.2) is 0 Å². The molecule has 14 heavy (non-hydrogen) atoms. The third-order valence-corrected chi connectivity index (χ3v) is 2.45. The SMILES string of the molecule is COC(=O)C(C)(C)[C@H](N)c1ccc[nH]1. The zero-order valence-electron chi connectivity index (χ0n) is 8.70. The Hall–Kier alpha value is -1.29. The Labute approximate surface area is 83.4 Å². The van der Waals surface area contributed by atoms with Gasteiger partial charge >= 0.3 is 5.97 Å². The number of nitrogens with two attached hydrogens (primary N) is 1. The van der Waals surface area contributed by atoms with Crippen LogP contribution >= 0.6 is 0 Å². The zero-order chi connectivity index (χ0) is 10.8. The van der Waals surface area contributed by atoms with Crippen LogP contribution in [0.4, 0.5) is 0 Å². The van der Waals surface area contributed by atoms with Crippen molar-refractivity contribution < 1.29 is 9.53 Å². The molecule has 1 aromatic heterocycles. The summed E-state index contributed by atoms with van der Waals surface area (Å²) in [7, 11) is 1.37. The molecule has 3 N–H and O–H groups in total. The van der Waals surface area contributed by atoms with Gasteiger partial charge in [-0.2, -0.15) is 0 Å². The largest absolute Gasteiger partial charge is 0.469 e. The van der Waals surface area contributed by atoms with E-state index in [1.54, 1.807) is 20.0 Å². The minimum atomic E-state index is -0.723. The molecule has 0 aliphatic heterocycles. The lowest BCUT2D eigenvalue weighted by molar-refractivity contribution is -0.152. The lowest BCUT2D eigenvalue weighted by atomic mass is 9.83. The standard InChI is InChI=1S/C10H16N2O2/c1-10(2,9(13)14-3)8(11)7-5-4-6-12-7/h4-6,8,12H,11H2,1-3H3/t8-/m1/s1. The minimum absolute atomic E-state index is 0.306. The van der Waals surface area contributed by atoms with E-state index in [2.05, 4.69) is 4.98 Å². The Morgan fingerprint density at radius 3 is 2.71 bits per heavy atom. The fourth-order valence-corrected chi connectivity index (χ4v) is 1.32. The van der Waals surface area contributed by atoms with Gasteiger partial charge in [-0.05, 0) is 26.0 Å². The average molecular weight is 196 g/mol. The smallest absolute Gasteiger partial charge is 0.313 e. The fourth-order valence-electron chi connectivity index (χ4n) is 1.32. The zero-order valence-corrected chi connectivity index (χ0v) is 8.70. The molecule has 0 aromatic carbocycles. The quantitative estimate of drug-likeness (QED) is 0.714. The summed E-state index contributed by atoms with van der Waals surface area (Å²) in [6, 6.07) is 3.32. The van der Waals surface area contributed by atoms with Crippen LogP contribution in [0.5, 0.6) is 0 Å². The van der Waals surface area contributed by atoms with Crippen molar-refractivity contribution in [2.75, 3.05) is 7.11 Å². The monoisotopic (exact) mass is 196 g/mol. The van der Waals surface area contributed by atoms with Crippen LogP contribution in [0, 0.1) is 5.41 Å². The van der Waals surface area contributed by atoms with E-state index in [0.717, 1.165) is 5.69 Å². The maximum Gasteiger partial charge on any atom is 0.313 e. The van der Waals surface area contributed by atoms with Crippen LogP contribution in [0.15, 0.2) is 18.3 Å². The summed E-state index contributed by atoms with van der Waals surface area (Å²) < 4.78 is 4.70. The van der Waals surface area contributed by atoms with Crippen molar-refractivity contribution in [2.24, 2.45) is 11.1 Å². The second-order valence-corrected chi connectivity index (χ2v) is 3.82. The van der Waals surface area contributed by atoms with Crippen molar-refractivity contribution in [1.29, 1.82) is 0 Å². The number of aromatic amines is 1. The van der Waals surface area contributed by atoms with Gasteiger partial charge < -0.3 is 15.5 Å². The van der Waals surface area contributed by atoms with Crippen LogP contribution in [0.1, 0.15) is 25.6 Å². The van der Waals surface area contributed by atoms with Gasteiger partial charge in [0.25, 0.3) is 0 Å². The molecule has 0 amide bonds. The summed E-state index contributed by atoms with van der Waals surface area (Å²) in [6.45, 7) is 3.54. The Balaban J connectivity index is 2.88. The minimum Gasteiger partial charge on any atom is -0.469 e. The highest BCUT2D eigenvalue weighted by Crippen LogP contribution is 2.31.